The third-order valence-corrected chi connectivity index (χ3v) is 9.77. The Labute approximate surface area is 305 Å². The molecule has 2 bridgehead atoms. The van der Waals surface area contributed by atoms with Gasteiger partial charge in [-0.15, -0.1) is 0 Å². The minimum absolute atomic E-state index is 0.0187. The number of hydrogen-bond donors (Lipinski definition) is 4. The molecule has 10 nitrogen and oxygen atoms in total. The number of aryl methyl sites for hydroxylation is 1. The highest BCUT2D eigenvalue weighted by atomic mass is 19.4. The maximum Gasteiger partial charge on any atom is 0.416 e. The predicted octanol–water partition coefficient (Wildman–Crippen LogP) is 4.46. The van der Waals surface area contributed by atoms with E-state index in [0.717, 1.165) is 23.8 Å². The maximum atomic E-state index is 14.6. The van der Waals surface area contributed by atoms with Gasteiger partial charge in [0.25, 0.3) is 11.8 Å². The van der Waals surface area contributed by atoms with E-state index in [0.29, 0.717) is 42.9 Å². The summed E-state index contributed by atoms with van der Waals surface area (Å²) in [6, 6.07) is 11.8. The van der Waals surface area contributed by atoms with E-state index < -0.39 is 77.0 Å². The van der Waals surface area contributed by atoms with Gasteiger partial charge in [0.05, 0.1) is 18.2 Å². The Hall–Kier alpha value is -4.93. The molecule has 2 heterocycles. The molecule has 0 spiro atoms. The van der Waals surface area contributed by atoms with Crippen LogP contribution >= 0.6 is 0 Å². The van der Waals surface area contributed by atoms with Crippen molar-refractivity contribution in [2.75, 3.05) is 19.7 Å². The number of aliphatic carboxylic acids is 1. The molecule has 3 aliphatic rings. The van der Waals surface area contributed by atoms with Crippen LogP contribution in [-0.4, -0.2) is 92.9 Å². The normalized spacial score (nSPS) is 19.7. The molecule has 1 aliphatic carbocycles. The van der Waals surface area contributed by atoms with Gasteiger partial charge >= 0.3 is 12.1 Å². The molecule has 6 rings (SSSR count). The first-order valence-corrected chi connectivity index (χ1v) is 17.3. The molecule has 288 valence electrons. The monoisotopic (exact) mass is 761 g/mol. The third-order valence-electron chi connectivity index (χ3n) is 9.77. The molecule has 4 N–H and O–H groups in total. The Morgan fingerprint density at radius 2 is 1.63 bits per heavy atom. The van der Waals surface area contributed by atoms with Gasteiger partial charge in [-0.1, -0.05) is 36.4 Å². The number of fused-ring (bicyclic) bond motifs is 2. The molecule has 16 heteroatoms. The van der Waals surface area contributed by atoms with Crippen molar-refractivity contribution in [2.45, 2.75) is 75.2 Å². The lowest BCUT2D eigenvalue weighted by Gasteiger charge is -2.45. The zero-order valence-corrected chi connectivity index (χ0v) is 28.7. The predicted molar refractivity (Wildman–Crippen MR) is 180 cm³/mol. The smallest absolute Gasteiger partial charge is 0.416 e. The molecule has 0 unspecified atom stereocenters. The van der Waals surface area contributed by atoms with Crippen molar-refractivity contribution < 1.29 is 60.8 Å². The Bertz CT molecular complexity index is 1940. The zero-order valence-electron chi connectivity index (χ0n) is 28.7. The van der Waals surface area contributed by atoms with Crippen molar-refractivity contribution in [3.63, 3.8) is 0 Å². The number of aliphatic hydroxyl groups is 2. The van der Waals surface area contributed by atoms with Crippen LogP contribution in [0.25, 0.3) is 5.57 Å². The summed E-state index contributed by atoms with van der Waals surface area (Å²) >= 11 is 0. The van der Waals surface area contributed by atoms with Crippen molar-refractivity contribution in [2.24, 2.45) is 0 Å². The SMILES string of the molecule is O=C(O)[C@@H](O)[C@H](O)C(=O)N1C[C@H]2CC(c3ccc(CCCOc4c(F)ccc(F)c4F)cc3)=C(C(=O)N(Cc3cccc(C(F)(F)F)c3)C3CC3)[C@@H](C1)N2. The fourth-order valence-corrected chi connectivity index (χ4v) is 6.92. The van der Waals surface area contributed by atoms with Gasteiger partial charge in [0, 0.05) is 37.3 Å². The van der Waals surface area contributed by atoms with E-state index >= 15 is 0 Å². The molecule has 4 atom stereocenters. The highest BCUT2D eigenvalue weighted by Gasteiger charge is 2.45. The zero-order chi connectivity index (χ0) is 38.9. The number of carboxylic acids is 1. The lowest BCUT2D eigenvalue weighted by Crippen LogP contribution is -2.64. The second kappa shape index (κ2) is 15.8. The summed E-state index contributed by atoms with van der Waals surface area (Å²) in [6.45, 7) is -0.369. The molecule has 1 saturated heterocycles. The fraction of sp³-hybridized carbons (Fsp3) is 0.395. The van der Waals surface area contributed by atoms with Crippen LogP contribution in [0.1, 0.15) is 47.9 Å². The quantitative estimate of drug-likeness (QED) is 0.114. The van der Waals surface area contributed by atoms with Gasteiger partial charge in [0.15, 0.2) is 29.6 Å². The highest BCUT2D eigenvalue weighted by molar-refractivity contribution is 6.03. The standard InChI is InChI=1S/C38H37F6N3O7/c39-27-12-13-28(40)34(31(27)41)54-14-2-4-20-6-8-22(9-7-20)26-16-24-18-46(36(51)32(48)33(49)37(52)53)19-29(45-24)30(26)35(50)47(25-10-11-25)17-21-3-1-5-23(15-21)38(42,43)44/h1,3,5-9,12-13,15,24-25,29,32-33,45,48-49H,2,4,10-11,14,16-19H2,(H,52,53)/t24-,29-,32+,33+/m1/s1. The number of benzene rings is 3. The van der Waals surface area contributed by atoms with E-state index in [1.54, 1.807) is 24.3 Å². The van der Waals surface area contributed by atoms with Crippen LogP contribution < -0.4 is 10.1 Å². The molecule has 54 heavy (non-hydrogen) atoms. The minimum atomic E-state index is -4.59. The summed E-state index contributed by atoms with van der Waals surface area (Å²) in [6.07, 6.45) is -6.99. The molecular weight excluding hydrogens is 724 g/mol. The lowest BCUT2D eigenvalue weighted by molar-refractivity contribution is -0.163. The summed E-state index contributed by atoms with van der Waals surface area (Å²) in [5, 5.41) is 32.6. The number of nitrogens with one attached hydrogen (secondary N) is 1. The fourth-order valence-electron chi connectivity index (χ4n) is 6.92. The molecule has 0 radical (unpaired) electrons. The van der Waals surface area contributed by atoms with Gasteiger partial charge < -0.3 is 35.2 Å². The number of nitrogens with zero attached hydrogens (tertiary/aromatic N) is 2. The van der Waals surface area contributed by atoms with Crippen molar-refractivity contribution >= 4 is 23.4 Å². The summed E-state index contributed by atoms with van der Waals surface area (Å²) in [4.78, 5) is 41.8. The molecule has 3 aromatic rings. The molecule has 3 aromatic carbocycles. The average Bonchev–Trinajstić information content (AvgIpc) is 3.99. The van der Waals surface area contributed by atoms with Crippen molar-refractivity contribution in [3.8, 4) is 5.75 Å². The summed E-state index contributed by atoms with van der Waals surface area (Å²) in [5.74, 6) is -7.76. The summed E-state index contributed by atoms with van der Waals surface area (Å²) in [5.41, 5.74) is 1.79. The number of halogens is 6. The Kier molecular flexibility index (Phi) is 11.4. The largest absolute Gasteiger partial charge is 0.488 e. The number of piperazine rings is 1. The van der Waals surface area contributed by atoms with Crippen molar-refractivity contribution in [1.29, 1.82) is 0 Å². The number of amides is 2. The first-order valence-electron chi connectivity index (χ1n) is 17.3. The van der Waals surface area contributed by atoms with E-state index in [1.807, 2.05) is 0 Å². The number of aliphatic hydroxyl groups excluding tert-OH is 2. The van der Waals surface area contributed by atoms with Crippen LogP contribution in [0, 0.1) is 17.5 Å². The number of carboxylic acid groups (broad SMARTS) is 1. The molecule has 0 aromatic heterocycles. The number of ether oxygens (including phenoxy) is 1. The number of alkyl halides is 3. The molecule has 2 fully saturated rings. The van der Waals surface area contributed by atoms with Crippen molar-refractivity contribution in [1.82, 2.24) is 15.1 Å². The van der Waals surface area contributed by atoms with Crippen LogP contribution in [0.2, 0.25) is 0 Å². The van der Waals surface area contributed by atoms with Crippen LogP contribution in [-0.2, 0) is 33.5 Å². The van der Waals surface area contributed by atoms with Crippen LogP contribution in [0.15, 0.2) is 66.2 Å². The maximum absolute atomic E-state index is 14.6. The van der Waals surface area contributed by atoms with E-state index in [9.17, 15) is 50.9 Å². The molecule has 1 saturated carbocycles. The van der Waals surface area contributed by atoms with Gasteiger partial charge in [0.1, 0.15) is 0 Å². The second-order valence-electron chi connectivity index (χ2n) is 13.7. The third kappa shape index (κ3) is 8.55. The first kappa shape index (κ1) is 38.8. The minimum Gasteiger partial charge on any atom is -0.488 e. The number of rotatable bonds is 13. The number of hydrogen-bond acceptors (Lipinski definition) is 7. The van der Waals surface area contributed by atoms with Crippen LogP contribution in [0.5, 0.6) is 5.75 Å². The van der Waals surface area contributed by atoms with E-state index in [-0.39, 0.29) is 49.8 Å². The Morgan fingerprint density at radius 3 is 2.30 bits per heavy atom. The first-order chi connectivity index (χ1) is 25.6. The Morgan fingerprint density at radius 1 is 0.926 bits per heavy atom. The Balaban J connectivity index is 1.27. The van der Waals surface area contributed by atoms with E-state index in [2.05, 4.69) is 5.32 Å². The topological polar surface area (TPSA) is 140 Å². The van der Waals surface area contributed by atoms with Gasteiger partial charge in [-0.25, -0.2) is 13.6 Å². The van der Waals surface area contributed by atoms with Gasteiger partial charge in [0.2, 0.25) is 5.82 Å². The van der Waals surface area contributed by atoms with Crippen LogP contribution in [0.3, 0.4) is 0 Å². The summed E-state index contributed by atoms with van der Waals surface area (Å²) < 4.78 is 87.2. The molecule has 2 amide bonds. The van der Waals surface area contributed by atoms with E-state index in [4.69, 9.17) is 9.84 Å². The summed E-state index contributed by atoms with van der Waals surface area (Å²) in [7, 11) is 0. The average molecular weight is 762 g/mol. The van der Waals surface area contributed by atoms with Crippen molar-refractivity contribution in [3.05, 3.63) is 106 Å². The second-order valence-corrected chi connectivity index (χ2v) is 13.7. The van der Waals surface area contributed by atoms with E-state index in [1.165, 1.54) is 21.9 Å². The lowest BCUT2D eigenvalue weighted by atomic mass is 9.82. The van der Waals surface area contributed by atoms with Gasteiger partial charge in [-0.3, -0.25) is 9.59 Å². The number of carbonyl (C=O) groups is 3. The van der Waals surface area contributed by atoms with Gasteiger partial charge in [-0.2, -0.15) is 17.6 Å². The molecular formula is C38H37F6N3O7. The van der Waals surface area contributed by atoms with Gasteiger partial charge in [-0.05, 0) is 78.6 Å². The molecule has 2 aliphatic heterocycles. The highest BCUT2D eigenvalue weighted by Crippen LogP contribution is 2.38. The number of carbonyl (C=O) groups excluding carboxylic acids is 2. The van der Waals surface area contributed by atoms with Crippen LogP contribution in [0.4, 0.5) is 26.3 Å².